The lowest BCUT2D eigenvalue weighted by Crippen LogP contribution is -2.26. The standard InChI is InChI=1S/C16H19BrN2O/c1-10-6-11(17)9-18-15(10)19-5-4-12-13(19)7-16(2,3)8-14(12)20/h4-6,9,14,20H,7-8H2,1-3H3. The molecule has 1 atom stereocenters. The molecule has 0 aromatic carbocycles. The van der Waals surface area contributed by atoms with E-state index >= 15 is 0 Å². The topological polar surface area (TPSA) is 38.0 Å². The zero-order valence-electron chi connectivity index (χ0n) is 12.0. The monoisotopic (exact) mass is 334 g/mol. The number of rotatable bonds is 1. The summed E-state index contributed by atoms with van der Waals surface area (Å²) in [5, 5.41) is 10.3. The maximum atomic E-state index is 10.3. The molecule has 3 nitrogen and oxygen atoms in total. The zero-order valence-corrected chi connectivity index (χ0v) is 13.6. The van der Waals surface area contributed by atoms with Gasteiger partial charge in [-0.15, -0.1) is 0 Å². The molecule has 0 amide bonds. The highest BCUT2D eigenvalue weighted by molar-refractivity contribution is 9.10. The second-order valence-corrected chi connectivity index (χ2v) is 7.36. The minimum Gasteiger partial charge on any atom is -0.388 e. The number of aliphatic hydroxyl groups excluding tert-OH is 1. The maximum absolute atomic E-state index is 10.3. The third-order valence-electron chi connectivity index (χ3n) is 4.02. The molecule has 4 heteroatoms. The lowest BCUT2D eigenvalue weighted by atomic mass is 9.75. The van der Waals surface area contributed by atoms with Crippen LogP contribution in [0.2, 0.25) is 0 Å². The second kappa shape index (κ2) is 4.71. The van der Waals surface area contributed by atoms with Crippen molar-refractivity contribution < 1.29 is 5.11 Å². The maximum Gasteiger partial charge on any atom is 0.139 e. The van der Waals surface area contributed by atoms with Crippen LogP contribution in [-0.2, 0) is 6.42 Å². The van der Waals surface area contributed by atoms with Crippen molar-refractivity contribution in [3.63, 3.8) is 0 Å². The molecule has 0 spiro atoms. The average molecular weight is 335 g/mol. The molecule has 3 rings (SSSR count). The molecule has 1 aliphatic carbocycles. The van der Waals surface area contributed by atoms with E-state index in [1.54, 1.807) is 0 Å². The minimum atomic E-state index is -0.370. The van der Waals surface area contributed by atoms with E-state index in [9.17, 15) is 5.11 Å². The number of halogens is 1. The van der Waals surface area contributed by atoms with Crippen molar-refractivity contribution in [1.29, 1.82) is 0 Å². The summed E-state index contributed by atoms with van der Waals surface area (Å²) in [5.74, 6) is 0.944. The van der Waals surface area contributed by atoms with Crippen LogP contribution in [-0.4, -0.2) is 14.7 Å². The molecule has 0 saturated carbocycles. The highest BCUT2D eigenvalue weighted by atomic mass is 79.9. The third kappa shape index (κ3) is 2.31. The predicted molar refractivity (Wildman–Crippen MR) is 83.1 cm³/mol. The van der Waals surface area contributed by atoms with Gasteiger partial charge in [0.2, 0.25) is 0 Å². The molecular formula is C16H19BrN2O. The first kappa shape index (κ1) is 13.8. The van der Waals surface area contributed by atoms with Crippen molar-refractivity contribution in [3.05, 3.63) is 45.8 Å². The fourth-order valence-electron chi connectivity index (χ4n) is 3.11. The van der Waals surface area contributed by atoms with Crippen molar-refractivity contribution in [2.75, 3.05) is 0 Å². The summed E-state index contributed by atoms with van der Waals surface area (Å²) >= 11 is 3.45. The number of hydrogen-bond acceptors (Lipinski definition) is 2. The average Bonchev–Trinajstić information content (AvgIpc) is 2.71. The van der Waals surface area contributed by atoms with E-state index in [2.05, 4.69) is 52.3 Å². The summed E-state index contributed by atoms with van der Waals surface area (Å²) in [4.78, 5) is 4.54. The lowest BCUT2D eigenvalue weighted by Gasteiger charge is -2.33. The molecular weight excluding hydrogens is 316 g/mol. The number of pyridine rings is 1. The first-order valence-corrected chi connectivity index (χ1v) is 7.67. The Bertz CT molecular complexity index is 660. The van der Waals surface area contributed by atoms with Gasteiger partial charge in [0.25, 0.3) is 0 Å². The van der Waals surface area contributed by atoms with Crippen LogP contribution in [0.3, 0.4) is 0 Å². The predicted octanol–water partition coefficient (Wildman–Crippen LogP) is 3.95. The van der Waals surface area contributed by atoms with Crippen molar-refractivity contribution in [2.45, 2.75) is 39.7 Å². The van der Waals surface area contributed by atoms with Gasteiger partial charge in [0.05, 0.1) is 6.10 Å². The van der Waals surface area contributed by atoms with Crippen molar-refractivity contribution >= 4 is 15.9 Å². The van der Waals surface area contributed by atoms with Crippen LogP contribution in [0, 0.1) is 12.3 Å². The highest BCUT2D eigenvalue weighted by Gasteiger charge is 2.33. The summed E-state index contributed by atoms with van der Waals surface area (Å²) in [7, 11) is 0. The van der Waals surface area contributed by atoms with Gasteiger partial charge in [0.15, 0.2) is 0 Å². The Balaban J connectivity index is 2.13. The Morgan fingerprint density at radius 1 is 1.45 bits per heavy atom. The Labute approximate surface area is 127 Å². The highest BCUT2D eigenvalue weighted by Crippen LogP contribution is 2.41. The summed E-state index contributed by atoms with van der Waals surface area (Å²) in [6.07, 6.45) is 5.25. The molecule has 0 aliphatic heterocycles. The third-order valence-corrected chi connectivity index (χ3v) is 4.46. The van der Waals surface area contributed by atoms with Crippen LogP contribution >= 0.6 is 15.9 Å². The van der Waals surface area contributed by atoms with E-state index in [1.807, 2.05) is 18.5 Å². The SMILES string of the molecule is Cc1cc(Br)cnc1-n1ccc2c1CC(C)(C)CC2O. The van der Waals surface area contributed by atoms with Gasteiger partial charge in [-0.05, 0) is 58.8 Å². The molecule has 2 aromatic rings. The minimum absolute atomic E-state index is 0.117. The van der Waals surface area contributed by atoms with E-state index in [0.717, 1.165) is 34.3 Å². The summed E-state index contributed by atoms with van der Waals surface area (Å²) < 4.78 is 3.11. The largest absolute Gasteiger partial charge is 0.388 e. The molecule has 1 unspecified atom stereocenters. The molecule has 106 valence electrons. The fraction of sp³-hybridized carbons (Fsp3) is 0.438. The molecule has 1 aliphatic rings. The van der Waals surface area contributed by atoms with Gasteiger partial charge in [-0.1, -0.05) is 13.8 Å². The van der Waals surface area contributed by atoms with E-state index < -0.39 is 0 Å². The quantitative estimate of drug-likeness (QED) is 0.857. The van der Waals surface area contributed by atoms with Crippen LogP contribution in [0.25, 0.3) is 5.82 Å². The smallest absolute Gasteiger partial charge is 0.139 e. The summed E-state index contributed by atoms with van der Waals surface area (Å²) in [5.41, 5.74) is 3.47. The van der Waals surface area contributed by atoms with Crippen molar-refractivity contribution in [1.82, 2.24) is 9.55 Å². The molecule has 1 N–H and O–H groups in total. The number of aromatic nitrogens is 2. The summed E-state index contributed by atoms with van der Waals surface area (Å²) in [6, 6.07) is 4.09. The van der Waals surface area contributed by atoms with Gasteiger partial charge < -0.3 is 9.67 Å². The normalized spacial score (nSPS) is 20.8. The number of aliphatic hydroxyl groups is 1. The molecule has 20 heavy (non-hydrogen) atoms. The van der Waals surface area contributed by atoms with Gasteiger partial charge in [0, 0.05) is 28.1 Å². The Hall–Kier alpha value is -1.13. The van der Waals surface area contributed by atoms with Crippen LogP contribution in [0.5, 0.6) is 0 Å². The van der Waals surface area contributed by atoms with Gasteiger partial charge in [0.1, 0.15) is 5.82 Å². The zero-order chi connectivity index (χ0) is 14.5. The second-order valence-electron chi connectivity index (χ2n) is 6.44. The number of hydrogen-bond donors (Lipinski definition) is 1. The number of fused-ring (bicyclic) bond motifs is 1. The van der Waals surface area contributed by atoms with Crippen LogP contribution < -0.4 is 0 Å². The van der Waals surface area contributed by atoms with Crippen LogP contribution in [0.15, 0.2) is 29.0 Å². The summed E-state index contributed by atoms with van der Waals surface area (Å²) in [6.45, 7) is 6.47. The Morgan fingerprint density at radius 3 is 2.90 bits per heavy atom. The van der Waals surface area contributed by atoms with Gasteiger partial charge in [-0.2, -0.15) is 0 Å². The molecule has 0 bridgehead atoms. The van der Waals surface area contributed by atoms with Crippen LogP contribution in [0.1, 0.15) is 43.2 Å². The molecule has 2 aromatic heterocycles. The van der Waals surface area contributed by atoms with E-state index in [1.165, 1.54) is 5.69 Å². The first-order valence-electron chi connectivity index (χ1n) is 6.88. The van der Waals surface area contributed by atoms with E-state index in [-0.39, 0.29) is 11.5 Å². The van der Waals surface area contributed by atoms with Crippen molar-refractivity contribution in [2.24, 2.45) is 5.41 Å². The first-order chi connectivity index (χ1) is 9.37. The number of aryl methyl sites for hydroxylation is 1. The van der Waals surface area contributed by atoms with Gasteiger partial charge in [-0.25, -0.2) is 4.98 Å². The van der Waals surface area contributed by atoms with Crippen LogP contribution in [0.4, 0.5) is 0 Å². The lowest BCUT2D eigenvalue weighted by molar-refractivity contribution is 0.0986. The fourth-order valence-corrected chi connectivity index (χ4v) is 3.56. The Morgan fingerprint density at radius 2 is 2.20 bits per heavy atom. The Kier molecular flexibility index (Phi) is 3.26. The van der Waals surface area contributed by atoms with E-state index in [4.69, 9.17) is 0 Å². The van der Waals surface area contributed by atoms with Gasteiger partial charge in [-0.3, -0.25) is 0 Å². The van der Waals surface area contributed by atoms with Crippen molar-refractivity contribution in [3.8, 4) is 5.82 Å². The van der Waals surface area contributed by atoms with Gasteiger partial charge >= 0.3 is 0 Å². The molecule has 0 saturated heterocycles. The molecule has 0 radical (unpaired) electrons. The van der Waals surface area contributed by atoms with E-state index in [0.29, 0.717) is 0 Å². The number of nitrogens with zero attached hydrogens (tertiary/aromatic N) is 2. The molecule has 0 fully saturated rings. The molecule has 2 heterocycles.